The number of para-hydroxylation sites is 1. The summed E-state index contributed by atoms with van der Waals surface area (Å²) in [6.45, 7) is 0.995. The van der Waals surface area contributed by atoms with E-state index in [1.807, 2.05) is 6.92 Å². The van der Waals surface area contributed by atoms with Gasteiger partial charge in [-0.1, -0.05) is 41.4 Å². The van der Waals surface area contributed by atoms with Gasteiger partial charge in [0.1, 0.15) is 18.1 Å². The zero-order valence-corrected chi connectivity index (χ0v) is 23.9. The number of halogens is 2. The van der Waals surface area contributed by atoms with Gasteiger partial charge in [0.05, 0.1) is 27.5 Å². The van der Waals surface area contributed by atoms with Gasteiger partial charge in [0.15, 0.2) is 6.61 Å². The molecule has 0 saturated heterocycles. The predicted molar refractivity (Wildman–Crippen MR) is 160 cm³/mol. The summed E-state index contributed by atoms with van der Waals surface area (Å²) in [6, 6.07) is 24.4. The number of ether oxygens (including phenoxy) is 1. The quantitative estimate of drug-likeness (QED) is 0.180. The lowest BCUT2D eigenvalue weighted by Gasteiger charge is -2.23. The van der Waals surface area contributed by atoms with Gasteiger partial charge in [-0.05, 0) is 85.3 Å². The van der Waals surface area contributed by atoms with Crippen LogP contribution in [0.2, 0.25) is 5.02 Å². The van der Waals surface area contributed by atoms with Gasteiger partial charge in [0.25, 0.3) is 21.8 Å². The van der Waals surface area contributed by atoms with Crippen molar-refractivity contribution in [2.75, 3.05) is 22.8 Å². The van der Waals surface area contributed by atoms with Crippen LogP contribution < -0.4 is 19.8 Å². The number of hydrogen-bond acceptors (Lipinski definition) is 6. The summed E-state index contributed by atoms with van der Waals surface area (Å²) < 4.78 is 46.6. The molecule has 0 atom stereocenters. The fourth-order valence-electron chi connectivity index (χ4n) is 3.65. The van der Waals surface area contributed by atoms with Gasteiger partial charge in [0.2, 0.25) is 0 Å². The lowest BCUT2D eigenvalue weighted by Crippen LogP contribution is -2.39. The van der Waals surface area contributed by atoms with Gasteiger partial charge in [0, 0.05) is 0 Å². The number of carbonyl (C=O) groups excluding carboxylic acids is 2. The molecule has 0 heterocycles. The zero-order valence-electron chi connectivity index (χ0n) is 22.3. The number of hydrogen-bond donors (Lipinski definition) is 2. The summed E-state index contributed by atoms with van der Waals surface area (Å²) in [5, 5.41) is 6.98. The second-order valence-corrected chi connectivity index (χ2v) is 11.2. The van der Waals surface area contributed by atoms with Gasteiger partial charge in [-0.3, -0.25) is 13.9 Å². The minimum Gasteiger partial charge on any atom is -0.484 e. The van der Waals surface area contributed by atoms with E-state index in [2.05, 4.69) is 15.8 Å². The fourth-order valence-corrected chi connectivity index (χ4v) is 5.26. The predicted octanol–water partition coefficient (Wildman–Crippen LogP) is 5.15. The number of sulfonamides is 1. The van der Waals surface area contributed by atoms with Gasteiger partial charge in [-0.15, -0.1) is 0 Å². The number of aryl methyl sites for hydroxylation is 1. The molecule has 4 rings (SSSR count). The monoisotopic (exact) mass is 608 g/mol. The molecule has 216 valence electrons. The molecule has 0 aromatic heterocycles. The third-order valence-electron chi connectivity index (χ3n) is 5.81. The Morgan fingerprint density at radius 2 is 1.60 bits per heavy atom. The van der Waals surface area contributed by atoms with Crippen LogP contribution in [0.5, 0.6) is 5.75 Å². The van der Waals surface area contributed by atoms with Gasteiger partial charge < -0.3 is 10.1 Å². The Balaban J connectivity index is 1.35. The number of benzene rings is 4. The van der Waals surface area contributed by atoms with Crippen molar-refractivity contribution in [2.45, 2.75) is 11.8 Å². The van der Waals surface area contributed by atoms with Crippen molar-refractivity contribution >= 4 is 51.0 Å². The highest BCUT2D eigenvalue weighted by molar-refractivity contribution is 7.92. The molecule has 0 aliphatic heterocycles. The van der Waals surface area contributed by atoms with E-state index < -0.39 is 28.3 Å². The SMILES string of the molecule is Cc1ccc(S(=O)(=O)N(CC(=O)N/N=C\c2ccc(OCC(=O)Nc3ccccc3Cl)cc2)c2ccc(F)cc2)cc1. The highest BCUT2D eigenvalue weighted by Gasteiger charge is 2.27. The molecule has 0 saturated carbocycles. The number of amides is 2. The Kier molecular flexibility index (Phi) is 9.89. The molecule has 0 unspecified atom stereocenters. The van der Waals surface area contributed by atoms with E-state index in [1.54, 1.807) is 60.7 Å². The molecule has 4 aromatic rings. The molecule has 4 aromatic carbocycles. The van der Waals surface area contributed by atoms with Crippen molar-refractivity contribution in [1.29, 1.82) is 0 Å². The number of anilines is 2. The van der Waals surface area contributed by atoms with Crippen LogP contribution in [0.1, 0.15) is 11.1 Å². The van der Waals surface area contributed by atoms with E-state index in [1.165, 1.54) is 30.5 Å². The Morgan fingerprint density at radius 1 is 0.929 bits per heavy atom. The first-order valence-corrected chi connectivity index (χ1v) is 14.4. The summed E-state index contributed by atoms with van der Waals surface area (Å²) >= 11 is 6.04. The van der Waals surface area contributed by atoms with Crippen LogP contribution in [-0.2, 0) is 19.6 Å². The van der Waals surface area contributed by atoms with E-state index in [9.17, 15) is 22.4 Å². The molecule has 0 bridgehead atoms. The highest BCUT2D eigenvalue weighted by atomic mass is 35.5. The minimum atomic E-state index is -4.14. The first-order chi connectivity index (χ1) is 20.1. The van der Waals surface area contributed by atoms with Gasteiger partial charge >= 0.3 is 0 Å². The molecule has 0 spiro atoms. The molecule has 0 aliphatic carbocycles. The molecule has 2 N–H and O–H groups in total. The van der Waals surface area contributed by atoms with Crippen LogP contribution in [0.25, 0.3) is 0 Å². The van der Waals surface area contributed by atoms with Crippen molar-refractivity contribution in [3.63, 3.8) is 0 Å². The number of nitrogens with zero attached hydrogens (tertiary/aromatic N) is 2. The molecule has 0 fully saturated rings. The van der Waals surface area contributed by atoms with Crippen molar-refractivity contribution < 1.29 is 27.1 Å². The molecule has 0 aliphatic rings. The molecule has 2 amide bonds. The topological polar surface area (TPSA) is 117 Å². The number of hydrazone groups is 1. The third kappa shape index (κ3) is 8.15. The zero-order chi connectivity index (χ0) is 30.1. The summed E-state index contributed by atoms with van der Waals surface area (Å²) in [4.78, 5) is 24.8. The van der Waals surface area contributed by atoms with Crippen LogP contribution in [0.15, 0.2) is 107 Å². The second kappa shape index (κ2) is 13.7. The second-order valence-electron chi connectivity index (χ2n) is 8.98. The van der Waals surface area contributed by atoms with E-state index >= 15 is 0 Å². The maximum Gasteiger partial charge on any atom is 0.264 e. The Bertz CT molecular complexity index is 1680. The van der Waals surface area contributed by atoms with E-state index in [4.69, 9.17) is 16.3 Å². The van der Waals surface area contributed by atoms with Crippen molar-refractivity contribution in [2.24, 2.45) is 5.10 Å². The first-order valence-electron chi connectivity index (χ1n) is 12.6. The lowest BCUT2D eigenvalue weighted by molar-refractivity contribution is -0.119. The first kappa shape index (κ1) is 30.2. The van der Waals surface area contributed by atoms with Crippen LogP contribution in [-0.4, -0.2) is 39.6 Å². The summed E-state index contributed by atoms with van der Waals surface area (Å²) in [7, 11) is -4.14. The minimum absolute atomic E-state index is 0.0163. The smallest absolute Gasteiger partial charge is 0.264 e. The number of carbonyl (C=O) groups is 2. The Morgan fingerprint density at radius 3 is 2.26 bits per heavy atom. The average molecular weight is 609 g/mol. The largest absolute Gasteiger partial charge is 0.484 e. The molecule has 42 heavy (non-hydrogen) atoms. The van der Waals surface area contributed by atoms with Crippen LogP contribution in [0.3, 0.4) is 0 Å². The summed E-state index contributed by atoms with van der Waals surface area (Å²) in [6.07, 6.45) is 1.36. The lowest BCUT2D eigenvalue weighted by atomic mass is 10.2. The molecule has 0 radical (unpaired) electrons. The molecular formula is C30H26ClFN4O5S. The maximum atomic E-state index is 13.5. The Labute approximate surface area is 247 Å². The maximum absolute atomic E-state index is 13.5. The number of nitrogens with one attached hydrogen (secondary N) is 2. The standard InChI is InChI=1S/C30H26ClFN4O5S/c1-21-6-16-26(17-7-21)42(39,40)36(24-12-10-23(32)11-13-24)19-29(37)35-33-18-22-8-14-25(15-9-22)41-20-30(38)34-28-5-3-2-4-27(28)31/h2-18H,19-20H2,1H3,(H,34,38)(H,35,37)/b33-18-. The highest BCUT2D eigenvalue weighted by Crippen LogP contribution is 2.24. The number of rotatable bonds is 11. The summed E-state index contributed by atoms with van der Waals surface area (Å²) in [5.41, 5.74) is 4.38. The average Bonchev–Trinajstić information content (AvgIpc) is 2.97. The van der Waals surface area contributed by atoms with Crippen molar-refractivity contribution in [1.82, 2.24) is 5.43 Å². The van der Waals surface area contributed by atoms with Crippen molar-refractivity contribution in [3.8, 4) is 5.75 Å². The van der Waals surface area contributed by atoms with Gasteiger partial charge in [-0.25, -0.2) is 18.2 Å². The van der Waals surface area contributed by atoms with E-state index in [0.717, 1.165) is 22.0 Å². The summed E-state index contributed by atoms with van der Waals surface area (Å²) in [5.74, 6) is -1.20. The normalized spacial score (nSPS) is 11.2. The van der Waals surface area contributed by atoms with E-state index in [0.29, 0.717) is 22.0 Å². The van der Waals surface area contributed by atoms with Crippen LogP contribution >= 0.6 is 11.6 Å². The molecule has 9 nitrogen and oxygen atoms in total. The fraction of sp³-hybridized carbons (Fsp3) is 0.100. The van der Waals surface area contributed by atoms with E-state index in [-0.39, 0.29) is 23.1 Å². The Hall–Kier alpha value is -4.74. The van der Waals surface area contributed by atoms with Crippen LogP contribution in [0.4, 0.5) is 15.8 Å². The van der Waals surface area contributed by atoms with Crippen molar-refractivity contribution in [3.05, 3.63) is 119 Å². The van der Waals surface area contributed by atoms with Gasteiger partial charge in [-0.2, -0.15) is 5.10 Å². The third-order valence-corrected chi connectivity index (χ3v) is 7.93. The van der Waals surface area contributed by atoms with Crippen LogP contribution in [0, 0.1) is 12.7 Å². The molecule has 12 heteroatoms. The molecular weight excluding hydrogens is 583 g/mol.